The molecule has 0 aromatic carbocycles. The largest absolute Gasteiger partial charge is 0.355 e. The molecular weight excluding hydrogens is 318 g/mol. The van der Waals surface area contributed by atoms with Crippen LogP contribution in [0.4, 0.5) is 5.82 Å². The fraction of sp³-hybridized carbons (Fsp3) is 0.706. The number of rotatable bonds is 4. The van der Waals surface area contributed by atoms with E-state index in [4.69, 9.17) is 0 Å². The Morgan fingerprint density at radius 3 is 2.52 bits per heavy atom. The van der Waals surface area contributed by atoms with E-state index in [1.165, 1.54) is 0 Å². The van der Waals surface area contributed by atoms with Crippen molar-refractivity contribution in [3.8, 4) is 0 Å². The number of guanidine groups is 1. The number of nitrogens with zero attached hydrogens (tertiary/aromatic N) is 5. The molecule has 8 heteroatoms. The Morgan fingerprint density at radius 1 is 1.24 bits per heavy atom. The van der Waals surface area contributed by atoms with E-state index in [-0.39, 0.29) is 11.1 Å². The van der Waals surface area contributed by atoms with E-state index in [0.717, 1.165) is 45.2 Å². The molecule has 25 heavy (non-hydrogen) atoms. The van der Waals surface area contributed by atoms with Crippen molar-refractivity contribution in [3.05, 3.63) is 22.7 Å². The minimum Gasteiger partial charge on any atom is -0.355 e. The summed E-state index contributed by atoms with van der Waals surface area (Å²) in [6.07, 6.45) is 3.35. The summed E-state index contributed by atoms with van der Waals surface area (Å²) in [5.41, 5.74) is 0.0674. The maximum Gasteiger partial charge on any atom is 0.293 e. The second-order valence-electron chi connectivity index (χ2n) is 7.29. The smallest absolute Gasteiger partial charge is 0.293 e. The third kappa shape index (κ3) is 5.45. The molecule has 2 N–H and O–H groups in total. The Bertz CT molecular complexity index is 639. The van der Waals surface area contributed by atoms with E-state index in [1.54, 1.807) is 31.1 Å². The van der Waals surface area contributed by atoms with E-state index in [1.807, 2.05) is 4.90 Å². The van der Waals surface area contributed by atoms with E-state index in [0.29, 0.717) is 5.82 Å². The van der Waals surface area contributed by atoms with Crippen molar-refractivity contribution in [2.45, 2.75) is 26.3 Å². The summed E-state index contributed by atoms with van der Waals surface area (Å²) in [6.45, 7) is 11.3. The van der Waals surface area contributed by atoms with Crippen LogP contribution in [0.1, 0.15) is 20.8 Å². The molecule has 1 saturated heterocycles. The minimum atomic E-state index is -0.0493. The molecule has 1 aromatic heterocycles. The predicted octanol–water partition coefficient (Wildman–Crippen LogP) is -0.134. The number of anilines is 1. The topological polar surface area (TPSA) is 77.8 Å². The Labute approximate surface area is 149 Å². The normalized spacial score (nSPS) is 16.3. The van der Waals surface area contributed by atoms with Crippen molar-refractivity contribution >= 4 is 11.8 Å². The average Bonchev–Trinajstić information content (AvgIpc) is 2.57. The van der Waals surface area contributed by atoms with Gasteiger partial charge in [-0.2, -0.15) is 0 Å². The first-order chi connectivity index (χ1) is 11.8. The Balaban J connectivity index is 1.85. The molecule has 0 atom stereocenters. The number of aromatic nitrogens is 2. The molecule has 1 aromatic rings. The molecule has 2 rings (SSSR count). The zero-order valence-corrected chi connectivity index (χ0v) is 16.0. The highest BCUT2D eigenvalue weighted by Gasteiger charge is 2.22. The summed E-state index contributed by atoms with van der Waals surface area (Å²) >= 11 is 0. The fourth-order valence-electron chi connectivity index (χ4n) is 2.78. The van der Waals surface area contributed by atoms with Crippen LogP contribution in [0.25, 0.3) is 0 Å². The van der Waals surface area contributed by atoms with Gasteiger partial charge in [0.05, 0.1) is 0 Å². The minimum absolute atomic E-state index is 0.0493. The highest BCUT2D eigenvalue weighted by Crippen LogP contribution is 2.08. The van der Waals surface area contributed by atoms with Gasteiger partial charge in [-0.25, -0.2) is 4.98 Å². The van der Waals surface area contributed by atoms with Gasteiger partial charge in [-0.15, -0.1) is 0 Å². The third-order valence-electron chi connectivity index (χ3n) is 4.15. The van der Waals surface area contributed by atoms with Crippen LogP contribution >= 0.6 is 0 Å². The van der Waals surface area contributed by atoms with Gasteiger partial charge in [0.2, 0.25) is 0 Å². The molecule has 0 spiro atoms. The van der Waals surface area contributed by atoms with E-state index >= 15 is 0 Å². The molecule has 0 unspecified atom stereocenters. The Hall–Kier alpha value is -2.09. The second kappa shape index (κ2) is 8.33. The van der Waals surface area contributed by atoms with Crippen LogP contribution in [0.2, 0.25) is 0 Å². The maximum absolute atomic E-state index is 12.2. The van der Waals surface area contributed by atoms with Crippen molar-refractivity contribution in [2.75, 3.05) is 51.2 Å². The van der Waals surface area contributed by atoms with Crippen LogP contribution in [0.5, 0.6) is 0 Å². The van der Waals surface area contributed by atoms with Crippen molar-refractivity contribution < 1.29 is 0 Å². The summed E-state index contributed by atoms with van der Waals surface area (Å²) in [7, 11) is 3.56. The van der Waals surface area contributed by atoms with Crippen LogP contribution in [0, 0.1) is 0 Å². The van der Waals surface area contributed by atoms with Gasteiger partial charge in [-0.3, -0.25) is 9.79 Å². The van der Waals surface area contributed by atoms with Gasteiger partial charge in [0, 0.05) is 71.3 Å². The fourth-order valence-corrected chi connectivity index (χ4v) is 2.78. The molecule has 0 aliphatic carbocycles. The molecule has 1 aliphatic rings. The highest BCUT2D eigenvalue weighted by atomic mass is 16.1. The molecule has 0 saturated carbocycles. The summed E-state index contributed by atoms with van der Waals surface area (Å²) in [5, 5.41) is 6.86. The van der Waals surface area contributed by atoms with Gasteiger partial charge in [-0.05, 0) is 20.8 Å². The first-order valence-corrected chi connectivity index (χ1v) is 8.79. The number of hydrogen-bond acceptors (Lipinski definition) is 5. The summed E-state index contributed by atoms with van der Waals surface area (Å²) in [6, 6.07) is 0. The lowest BCUT2D eigenvalue weighted by atomic mass is 10.1. The van der Waals surface area contributed by atoms with Gasteiger partial charge in [-0.1, -0.05) is 0 Å². The summed E-state index contributed by atoms with van der Waals surface area (Å²) in [4.78, 5) is 25.1. The zero-order chi connectivity index (χ0) is 18.4. The van der Waals surface area contributed by atoms with Gasteiger partial charge in [0.1, 0.15) is 0 Å². The third-order valence-corrected chi connectivity index (χ3v) is 4.15. The first-order valence-electron chi connectivity index (χ1n) is 8.79. The van der Waals surface area contributed by atoms with Crippen LogP contribution in [-0.2, 0) is 7.05 Å². The monoisotopic (exact) mass is 349 g/mol. The van der Waals surface area contributed by atoms with Crippen LogP contribution < -0.4 is 21.1 Å². The molecule has 8 nitrogen and oxygen atoms in total. The van der Waals surface area contributed by atoms with Gasteiger partial charge in [0.15, 0.2) is 11.8 Å². The highest BCUT2D eigenvalue weighted by molar-refractivity contribution is 5.80. The number of aliphatic imine (C=N–C) groups is 1. The van der Waals surface area contributed by atoms with E-state index in [2.05, 4.69) is 46.3 Å². The molecule has 140 valence electrons. The molecule has 2 heterocycles. The predicted molar refractivity (Wildman–Crippen MR) is 102 cm³/mol. The van der Waals surface area contributed by atoms with Crippen LogP contribution in [0.15, 0.2) is 22.2 Å². The summed E-state index contributed by atoms with van der Waals surface area (Å²) < 4.78 is 1.57. The van der Waals surface area contributed by atoms with E-state index in [9.17, 15) is 4.79 Å². The van der Waals surface area contributed by atoms with Gasteiger partial charge in [0.25, 0.3) is 5.56 Å². The molecule has 0 amide bonds. The van der Waals surface area contributed by atoms with Gasteiger partial charge >= 0.3 is 0 Å². The SMILES string of the molecule is CN=C(NCCNC(C)(C)C)N1CCN(c2nccn(C)c2=O)CC1. The number of hydrogen-bond donors (Lipinski definition) is 2. The molecule has 0 bridgehead atoms. The van der Waals surface area contributed by atoms with Crippen LogP contribution in [0.3, 0.4) is 0 Å². The molecule has 0 radical (unpaired) electrons. The lowest BCUT2D eigenvalue weighted by Crippen LogP contribution is -2.54. The molecule has 1 aliphatic heterocycles. The number of nitrogens with one attached hydrogen (secondary N) is 2. The van der Waals surface area contributed by atoms with E-state index < -0.39 is 0 Å². The first kappa shape index (κ1) is 19.2. The summed E-state index contributed by atoms with van der Waals surface area (Å²) in [5.74, 6) is 1.44. The van der Waals surface area contributed by atoms with Gasteiger partial charge < -0.3 is 25.0 Å². The zero-order valence-electron chi connectivity index (χ0n) is 16.0. The second-order valence-corrected chi connectivity index (χ2v) is 7.29. The van der Waals surface area contributed by atoms with Crippen molar-refractivity contribution in [2.24, 2.45) is 12.0 Å². The van der Waals surface area contributed by atoms with Crippen molar-refractivity contribution in [1.82, 2.24) is 25.1 Å². The Kier molecular flexibility index (Phi) is 6.41. The molecule has 1 fully saturated rings. The number of piperazine rings is 1. The lowest BCUT2D eigenvalue weighted by Gasteiger charge is -2.36. The average molecular weight is 349 g/mol. The number of aryl methyl sites for hydroxylation is 1. The Morgan fingerprint density at radius 2 is 1.92 bits per heavy atom. The quantitative estimate of drug-likeness (QED) is 0.448. The lowest BCUT2D eigenvalue weighted by molar-refractivity contribution is 0.368. The van der Waals surface area contributed by atoms with Crippen LogP contribution in [-0.4, -0.2) is 72.3 Å². The van der Waals surface area contributed by atoms with Crippen molar-refractivity contribution in [3.63, 3.8) is 0 Å². The molecular formula is C17H31N7O. The standard InChI is InChI=1S/C17H31N7O/c1-17(2,3)21-7-6-20-16(18-4)24-12-10-23(11-13-24)14-15(25)22(5)9-8-19-14/h8-9,21H,6-7,10-13H2,1-5H3,(H,18,20). The maximum atomic E-state index is 12.2. The van der Waals surface area contributed by atoms with Crippen molar-refractivity contribution in [1.29, 1.82) is 0 Å².